The fourth-order valence-corrected chi connectivity index (χ4v) is 4.84. The number of ether oxygens (including phenoxy) is 2. The molecule has 0 saturated carbocycles. The van der Waals surface area contributed by atoms with Crippen molar-refractivity contribution in [3.63, 3.8) is 0 Å². The summed E-state index contributed by atoms with van der Waals surface area (Å²) < 4.78 is 10.2. The van der Waals surface area contributed by atoms with Crippen molar-refractivity contribution < 1.29 is 29.0 Å². The van der Waals surface area contributed by atoms with Gasteiger partial charge in [-0.2, -0.15) is 0 Å². The molecule has 0 radical (unpaired) electrons. The molecule has 6 nitrogen and oxygen atoms in total. The number of aliphatic hydroxyl groups excluding tert-OH is 1. The van der Waals surface area contributed by atoms with Crippen molar-refractivity contribution in [3.05, 3.63) is 24.3 Å². The standard InChI is InChI=1S/C37H66O6/c1-4-5-6-7-12-17-22-27-34(38)28-23-18-15-20-25-30-37(41)43-32-35(39)31-42-36(40)29-24-19-14-11-9-8-10-13-16-21-26-33(2)3/h12,17,22,27,33,35,39H,4-11,13-16,18-21,23-26,28-32H2,1-3H3/b17-12-,27-22+/t35-/m1/s1. The van der Waals surface area contributed by atoms with Crippen LogP contribution >= 0.6 is 0 Å². The minimum Gasteiger partial charge on any atom is -0.463 e. The first-order valence-corrected chi connectivity index (χ1v) is 17.7. The minimum absolute atomic E-state index is 0.146. The Morgan fingerprint density at radius 3 is 1.56 bits per heavy atom. The molecule has 0 aromatic carbocycles. The van der Waals surface area contributed by atoms with E-state index in [-0.39, 0.29) is 30.9 Å². The smallest absolute Gasteiger partial charge is 0.305 e. The predicted octanol–water partition coefficient (Wildman–Crippen LogP) is 9.76. The van der Waals surface area contributed by atoms with Gasteiger partial charge in [0.05, 0.1) is 0 Å². The summed E-state index contributed by atoms with van der Waals surface area (Å²) in [5.41, 5.74) is 0. The van der Waals surface area contributed by atoms with Gasteiger partial charge < -0.3 is 14.6 Å². The van der Waals surface area contributed by atoms with Gasteiger partial charge in [-0.05, 0) is 44.1 Å². The molecule has 0 aliphatic rings. The number of unbranched alkanes of at least 4 members (excludes halogenated alkanes) is 16. The van der Waals surface area contributed by atoms with Crippen molar-refractivity contribution >= 4 is 17.7 Å². The summed E-state index contributed by atoms with van der Waals surface area (Å²) in [6.07, 6.45) is 30.5. The number of allylic oxidation sites excluding steroid dienone is 4. The highest BCUT2D eigenvalue weighted by molar-refractivity contribution is 5.89. The molecule has 0 rings (SSSR count). The van der Waals surface area contributed by atoms with E-state index in [4.69, 9.17) is 9.47 Å². The maximum atomic E-state index is 11.9. The van der Waals surface area contributed by atoms with E-state index >= 15 is 0 Å². The van der Waals surface area contributed by atoms with E-state index in [1.807, 2.05) is 12.2 Å². The number of rotatable bonds is 31. The molecule has 1 N–H and O–H groups in total. The fraction of sp³-hybridized carbons (Fsp3) is 0.811. The van der Waals surface area contributed by atoms with Crippen LogP contribution in [-0.4, -0.2) is 42.1 Å². The van der Waals surface area contributed by atoms with Crippen LogP contribution in [0.3, 0.4) is 0 Å². The van der Waals surface area contributed by atoms with Crippen molar-refractivity contribution in [2.45, 2.75) is 175 Å². The molecule has 0 saturated heterocycles. The zero-order valence-electron chi connectivity index (χ0n) is 28.1. The summed E-state index contributed by atoms with van der Waals surface area (Å²) >= 11 is 0. The van der Waals surface area contributed by atoms with Crippen LogP contribution in [0, 0.1) is 5.92 Å². The van der Waals surface area contributed by atoms with Crippen LogP contribution in [0.15, 0.2) is 24.3 Å². The SMILES string of the molecule is CCCCC/C=C\C=C\C(=O)CCCCCCCC(=O)OC[C@H](O)COC(=O)CCCCCCCCCCCCC(C)C. The molecule has 0 aliphatic heterocycles. The second-order valence-corrected chi connectivity index (χ2v) is 12.5. The fourth-order valence-electron chi connectivity index (χ4n) is 4.84. The maximum absolute atomic E-state index is 11.9. The summed E-state index contributed by atoms with van der Waals surface area (Å²) in [7, 11) is 0. The zero-order chi connectivity index (χ0) is 31.8. The highest BCUT2D eigenvalue weighted by atomic mass is 16.6. The van der Waals surface area contributed by atoms with E-state index in [0.717, 1.165) is 63.7 Å². The molecule has 0 spiro atoms. The Hall–Kier alpha value is -1.95. The molecular weight excluding hydrogens is 540 g/mol. The molecule has 0 fully saturated rings. The first-order chi connectivity index (χ1) is 20.8. The third kappa shape index (κ3) is 32.8. The molecule has 0 aromatic heterocycles. The van der Waals surface area contributed by atoms with Gasteiger partial charge in [-0.3, -0.25) is 14.4 Å². The average molecular weight is 607 g/mol. The third-order valence-electron chi connectivity index (χ3n) is 7.59. The van der Waals surface area contributed by atoms with Gasteiger partial charge in [0, 0.05) is 19.3 Å². The lowest BCUT2D eigenvalue weighted by atomic mass is 10.0. The summed E-state index contributed by atoms with van der Waals surface area (Å²) in [6.45, 7) is 6.46. The van der Waals surface area contributed by atoms with Gasteiger partial charge in [0.1, 0.15) is 19.3 Å². The number of hydrogen-bond acceptors (Lipinski definition) is 6. The van der Waals surface area contributed by atoms with Crippen LogP contribution in [0.5, 0.6) is 0 Å². The van der Waals surface area contributed by atoms with Gasteiger partial charge in [-0.1, -0.05) is 135 Å². The van der Waals surface area contributed by atoms with Crippen LogP contribution < -0.4 is 0 Å². The van der Waals surface area contributed by atoms with Gasteiger partial charge in [-0.15, -0.1) is 0 Å². The lowest BCUT2D eigenvalue weighted by molar-refractivity contribution is -0.152. The monoisotopic (exact) mass is 606 g/mol. The molecule has 0 aliphatic carbocycles. The van der Waals surface area contributed by atoms with Crippen molar-refractivity contribution in [1.29, 1.82) is 0 Å². The number of hydrogen-bond donors (Lipinski definition) is 1. The normalized spacial score (nSPS) is 12.4. The van der Waals surface area contributed by atoms with Crippen LogP contribution in [0.1, 0.15) is 168 Å². The summed E-state index contributed by atoms with van der Waals surface area (Å²) in [5, 5.41) is 9.97. The molecule has 0 aromatic rings. The quantitative estimate of drug-likeness (QED) is 0.0366. The van der Waals surface area contributed by atoms with Gasteiger partial charge in [0.2, 0.25) is 0 Å². The number of carbonyl (C=O) groups excluding carboxylic acids is 3. The topological polar surface area (TPSA) is 89.9 Å². The Balaban J connectivity index is 3.54. The lowest BCUT2D eigenvalue weighted by Gasteiger charge is -2.12. The average Bonchev–Trinajstić information content (AvgIpc) is 2.98. The largest absolute Gasteiger partial charge is 0.463 e. The highest BCUT2D eigenvalue weighted by Crippen LogP contribution is 2.14. The van der Waals surface area contributed by atoms with Crippen molar-refractivity contribution in [3.8, 4) is 0 Å². The Bertz CT molecular complexity index is 727. The Morgan fingerprint density at radius 1 is 0.605 bits per heavy atom. The van der Waals surface area contributed by atoms with Gasteiger partial charge in [-0.25, -0.2) is 0 Å². The second kappa shape index (κ2) is 31.5. The van der Waals surface area contributed by atoms with Gasteiger partial charge >= 0.3 is 11.9 Å². The predicted molar refractivity (Wildman–Crippen MR) is 178 cm³/mol. The summed E-state index contributed by atoms with van der Waals surface area (Å²) in [6, 6.07) is 0. The zero-order valence-corrected chi connectivity index (χ0v) is 28.1. The van der Waals surface area contributed by atoms with E-state index < -0.39 is 6.10 Å². The molecular formula is C37H66O6. The molecule has 0 unspecified atom stereocenters. The van der Waals surface area contributed by atoms with Crippen molar-refractivity contribution in [1.82, 2.24) is 0 Å². The summed E-state index contributed by atoms with van der Waals surface area (Å²) in [5.74, 6) is 0.324. The molecule has 0 heterocycles. The number of esters is 2. The Kier molecular flexibility index (Phi) is 30.0. The second-order valence-electron chi connectivity index (χ2n) is 12.5. The number of aliphatic hydroxyl groups is 1. The Morgan fingerprint density at radius 2 is 1.07 bits per heavy atom. The lowest BCUT2D eigenvalue weighted by Crippen LogP contribution is -2.25. The first kappa shape index (κ1) is 41.0. The van der Waals surface area contributed by atoms with E-state index in [9.17, 15) is 19.5 Å². The number of ketones is 1. The van der Waals surface area contributed by atoms with E-state index in [0.29, 0.717) is 19.3 Å². The minimum atomic E-state index is -0.999. The van der Waals surface area contributed by atoms with Crippen LogP contribution in [0.4, 0.5) is 0 Å². The van der Waals surface area contributed by atoms with E-state index in [2.05, 4.69) is 26.8 Å². The van der Waals surface area contributed by atoms with Crippen molar-refractivity contribution in [2.75, 3.05) is 13.2 Å². The molecule has 0 bridgehead atoms. The first-order valence-electron chi connectivity index (χ1n) is 17.7. The van der Waals surface area contributed by atoms with Crippen LogP contribution in [0.25, 0.3) is 0 Å². The van der Waals surface area contributed by atoms with E-state index in [1.165, 1.54) is 70.6 Å². The molecule has 6 heteroatoms. The maximum Gasteiger partial charge on any atom is 0.305 e. The van der Waals surface area contributed by atoms with Gasteiger partial charge in [0.25, 0.3) is 0 Å². The third-order valence-corrected chi connectivity index (χ3v) is 7.59. The van der Waals surface area contributed by atoms with Crippen LogP contribution in [-0.2, 0) is 23.9 Å². The summed E-state index contributed by atoms with van der Waals surface area (Å²) in [4.78, 5) is 35.7. The van der Waals surface area contributed by atoms with Crippen molar-refractivity contribution in [2.24, 2.45) is 5.92 Å². The molecule has 250 valence electrons. The van der Waals surface area contributed by atoms with Crippen LogP contribution in [0.2, 0.25) is 0 Å². The van der Waals surface area contributed by atoms with E-state index in [1.54, 1.807) is 6.08 Å². The molecule has 1 atom stereocenters. The Labute approximate surface area is 264 Å². The molecule has 0 amide bonds. The van der Waals surface area contributed by atoms with Gasteiger partial charge in [0.15, 0.2) is 5.78 Å². The number of carbonyl (C=O) groups is 3. The highest BCUT2D eigenvalue weighted by Gasteiger charge is 2.12. The molecule has 43 heavy (non-hydrogen) atoms.